The zero-order valence-electron chi connectivity index (χ0n) is 9.06. The van der Waals surface area contributed by atoms with Crippen molar-refractivity contribution in [1.29, 1.82) is 5.26 Å². The summed E-state index contributed by atoms with van der Waals surface area (Å²) in [5.41, 5.74) is 1.36. The molecule has 0 N–H and O–H groups in total. The fourth-order valence-corrected chi connectivity index (χ4v) is 1.47. The molecule has 0 spiro atoms. The van der Waals surface area contributed by atoms with E-state index < -0.39 is 0 Å². The second kappa shape index (κ2) is 5.13. The van der Waals surface area contributed by atoms with Crippen LogP contribution < -0.4 is 4.74 Å². The lowest BCUT2D eigenvalue weighted by atomic mass is 10.1. The molecule has 0 heterocycles. The molecule has 0 unspecified atom stereocenters. The Labute approximate surface area is 98.9 Å². The minimum Gasteiger partial charge on any atom is -0.489 e. The van der Waals surface area contributed by atoms with E-state index in [9.17, 15) is 4.39 Å². The first kappa shape index (κ1) is 11.2. The molecule has 2 nitrogen and oxygen atoms in total. The summed E-state index contributed by atoms with van der Waals surface area (Å²) in [7, 11) is 0. The molecular weight excluding hydrogens is 217 g/mol. The second-order valence-corrected chi connectivity index (χ2v) is 3.52. The van der Waals surface area contributed by atoms with Crippen molar-refractivity contribution in [3.05, 3.63) is 65.5 Å². The lowest BCUT2D eigenvalue weighted by Gasteiger charge is -2.07. The van der Waals surface area contributed by atoms with Crippen molar-refractivity contribution in [3.63, 3.8) is 0 Å². The van der Waals surface area contributed by atoms with Crippen molar-refractivity contribution in [2.24, 2.45) is 0 Å². The first-order chi connectivity index (χ1) is 8.29. The number of ether oxygens (including phenoxy) is 1. The van der Waals surface area contributed by atoms with E-state index >= 15 is 0 Å². The van der Waals surface area contributed by atoms with Crippen LogP contribution in [0, 0.1) is 17.1 Å². The van der Waals surface area contributed by atoms with E-state index in [1.54, 1.807) is 24.3 Å². The van der Waals surface area contributed by atoms with E-state index in [2.05, 4.69) is 6.07 Å². The lowest BCUT2D eigenvalue weighted by Crippen LogP contribution is -1.98. The van der Waals surface area contributed by atoms with Crippen molar-refractivity contribution >= 4 is 0 Å². The zero-order valence-corrected chi connectivity index (χ0v) is 9.06. The van der Waals surface area contributed by atoms with Gasteiger partial charge in [0, 0.05) is 11.6 Å². The number of rotatable bonds is 3. The highest BCUT2D eigenvalue weighted by atomic mass is 19.1. The Balaban J connectivity index is 2.10. The molecule has 2 aromatic rings. The van der Waals surface area contributed by atoms with E-state index in [-0.39, 0.29) is 12.4 Å². The number of benzene rings is 2. The first-order valence-corrected chi connectivity index (χ1v) is 5.16. The summed E-state index contributed by atoms with van der Waals surface area (Å²) in [5.74, 6) is 0.119. The van der Waals surface area contributed by atoms with Crippen molar-refractivity contribution in [2.45, 2.75) is 6.61 Å². The largest absolute Gasteiger partial charge is 0.489 e. The van der Waals surface area contributed by atoms with Gasteiger partial charge < -0.3 is 4.74 Å². The van der Waals surface area contributed by atoms with Gasteiger partial charge in [0.05, 0.1) is 11.6 Å². The molecule has 0 aliphatic rings. The van der Waals surface area contributed by atoms with Crippen molar-refractivity contribution in [2.75, 3.05) is 0 Å². The van der Waals surface area contributed by atoms with Gasteiger partial charge >= 0.3 is 0 Å². The molecule has 0 aliphatic heterocycles. The standard InChI is InChI=1S/C14H10FNO/c15-13-6-3-7-14(8-13)17-10-12-5-2-1-4-11(12)9-16/h1-8H,10H2. The van der Waals surface area contributed by atoms with Crippen LogP contribution in [0.2, 0.25) is 0 Å². The maximum absolute atomic E-state index is 12.9. The van der Waals surface area contributed by atoms with Crippen molar-refractivity contribution in [3.8, 4) is 11.8 Å². The summed E-state index contributed by atoms with van der Waals surface area (Å²) in [6.07, 6.45) is 0. The van der Waals surface area contributed by atoms with E-state index in [0.29, 0.717) is 11.3 Å². The Hall–Kier alpha value is -2.34. The molecule has 0 saturated heterocycles. The van der Waals surface area contributed by atoms with Gasteiger partial charge in [0.25, 0.3) is 0 Å². The van der Waals surface area contributed by atoms with E-state index in [4.69, 9.17) is 10.00 Å². The highest BCUT2D eigenvalue weighted by Gasteiger charge is 2.02. The van der Waals surface area contributed by atoms with E-state index in [1.807, 2.05) is 12.1 Å². The number of nitrogens with zero attached hydrogens (tertiary/aromatic N) is 1. The van der Waals surface area contributed by atoms with Crippen LogP contribution >= 0.6 is 0 Å². The van der Waals surface area contributed by atoms with Gasteiger partial charge in [0.1, 0.15) is 18.2 Å². The van der Waals surface area contributed by atoms with Crippen LogP contribution in [0.5, 0.6) is 5.75 Å². The molecule has 2 aromatic carbocycles. The quantitative estimate of drug-likeness (QED) is 0.806. The van der Waals surface area contributed by atoms with Crippen LogP contribution in [0.15, 0.2) is 48.5 Å². The molecule has 0 radical (unpaired) electrons. The van der Waals surface area contributed by atoms with Gasteiger partial charge in [-0.15, -0.1) is 0 Å². The third-order valence-electron chi connectivity index (χ3n) is 2.33. The Kier molecular flexibility index (Phi) is 3.37. The van der Waals surface area contributed by atoms with E-state index in [1.165, 1.54) is 12.1 Å². The molecule has 0 atom stereocenters. The zero-order chi connectivity index (χ0) is 12.1. The molecule has 0 bridgehead atoms. The maximum atomic E-state index is 12.9. The van der Waals surface area contributed by atoms with Crippen LogP contribution in [0.1, 0.15) is 11.1 Å². The summed E-state index contributed by atoms with van der Waals surface area (Å²) in [6.45, 7) is 0.257. The normalized spacial score (nSPS) is 9.65. The molecule has 2 rings (SSSR count). The van der Waals surface area contributed by atoms with Gasteiger partial charge in [0.2, 0.25) is 0 Å². The van der Waals surface area contributed by atoms with Crippen molar-refractivity contribution in [1.82, 2.24) is 0 Å². The summed E-state index contributed by atoms with van der Waals surface area (Å²) in [6, 6.07) is 15.2. The van der Waals surface area contributed by atoms with Crippen LogP contribution in [0.3, 0.4) is 0 Å². The monoisotopic (exact) mass is 227 g/mol. The van der Waals surface area contributed by atoms with Gasteiger partial charge in [-0.25, -0.2) is 4.39 Å². The fourth-order valence-electron chi connectivity index (χ4n) is 1.47. The minimum absolute atomic E-state index is 0.257. The SMILES string of the molecule is N#Cc1ccccc1COc1cccc(F)c1. The topological polar surface area (TPSA) is 33.0 Å². The van der Waals surface area contributed by atoms with Crippen LogP contribution in [0.4, 0.5) is 4.39 Å². The fraction of sp³-hybridized carbons (Fsp3) is 0.0714. The van der Waals surface area contributed by atoms with Crippen molar-refractivity contribution < 1.29 is 9.13 Å². The maximum Gasteiger partial charge on any atom is 0.126 e. The highest BCUT2D eigenvalue weighted by Crippen LogP contribution is 2.15. The molecule has 84 valence electrons. The number of hydrogen-bond donors (Lipinski definition) is 0. The summed E-state index contributed by atoms with van der Waals surface area (Å²) in [4.78, 5) is 0. The lowest BCUT2D eigenvalue weighted by molar-refractivity contribution is 0.304. The molecular formula is C14H10FNO. The second-order valence-electron chi connectivity index (χ2n) is 3.52. The van der Waals surface area contributed by atoms with Gasteiger partial charge in [0.15, 0.2) is 0 Å². The number of hydrogen-bond acceptors (Lipinski definition) is 2. The predicted octanol–water partition coefficient (Wildman–Crippen LogP) is 3.28. The molecule has 17 heavy (non-hydrogen) atoms. The van der Waals surface area contributed by atoms with Crippen LogP contribution in [-0.2, 0) is 6.61 Å². The van der Waals surface area contributed by atoms with Gasteiger partial charge in [-0.05, 0) is 18.2 Å². The number of nitriles is 1. The minimum atomic E-state index is -0.337. The van der Waals surface area contributed by atoms with E-state index in [0.717, 1.165) is 5.56 Å². The third kappa shape index (κ3) is 2.82. The average Bonchev–Trinajstić information content (AvgIpc) is 2.37. The Morgan fingerprint density at radius 3 is 2.71 bits per heavy atom. The molecule has 0 fully saturated rings. The Morgan fingerprint density at radius 1 is 1.12 bits per heavy atom. The molecule has 0 aromatic heterocycles. The van der Waals surface area contributed by atoms with Crippen LogP contribution in [-0.4, -0.2) is 0 Å². The van der Waals surface area contributed by atoms with Gasteiger partial charge in [-0.1, -0.05) is 24.3 Å². The smallest absolute Gasteiger partial charge is 0.126 e. The molecule has 0 aliphatic carbocycles. The Morgan fingerprint density at radius 2 is 1.94 bits per heavy atom. The number of halogens is 1. The molecule has 3 heteroatoms. The van der Waals surface area contributed by atoms with Crippen LogP contribution in [0.25, 0.3) is 0 Å². The Bertz CT molecular complexity index is 560. The highest BCUT2D eigenvalue weighted by molar-refractivity contribution is 5.37. The van der Waals surface area contributed by atoms with Gasteiger partial charge in [-0.3, -0.25) is 0 Å². The molecule has 0 saturated carbocycles. The van der Waals surface area contributed by atoms with Gasteiger partial charge in [-0.2, -0.15) is 5.26 Å². The first-order valence-electron chi connectivity index (χ1n) is 5.16. The molecule has 0 amide bonds. The average molecular weight is 227 g/mol. The summed E-state index contributed by atoms with van der Waals surface area (Å²) in [5, 5.41) is 8.89. The third-order valence-corrected chi connectivity index (χ3v) is 2.33. The predicted molar refractivity (Wildman–Crippen MR) is 61.9 cm³/mol. The summed E-state index contributed by atoms with van der Waals surface area (Å²) < 4.78 is 18.3. The summed E-state index contributed by atoms with van der Waals surface area (Å²) >= 11 is 0.